The van der Waals surface area contributed by atoms with E-state index in [9.17, 15) is 24.5 Å². The van der Waals surface area contributed by atoms with Crippen molar-refractivity contribution in [2.45, 2.75) is 38.3 Å². The van der Waals surface area contributed by atoms with Gasteiger partial charge >= 0.3 is 0 Å². The average molecular weight is 446 g/mol. The molecule has 168 valence electrons. The number of nitro benzene ring substituents is 1. The quantitative estimate of drug-likeness (QED) is 0.431. The number of non-ortho nitro benzene ring substituents is 1. The van der Waals surface area contributed by atoms with Gasteiger partial charge in [0, 0.05) is 29.4 Å². The van der Waals surface area contributed by atoms with Crippen LogP contribution in [-0.2, 0) is 19.9 Å². The van der Waals surface area contributed by atoms with Gasteiger partial charge < -0.3 is 5.32 Å². The van der Waals surface area contributed by atoms with Crippen LogP contribution in [0.15, 0.2) is 36.4 Å². The number of fused-ring (bicyclic) bond motifs is 7. The number of carbonyl (C=O) groups is 3. The molecule has 3 amide bonds. The van der Waals surface area contributed by atoms with Crippen molar-refractivity contribution in [3.8, 4) is 0 Å². The lowest BCUT2D eigenvalue weighted by Gasteiger charge is -2.36. The van der Waals surface area contributed by atoms with Crippen molar-refractivity contribution >= 4 is 34.8 Å². The van der Waals surface area contributed by atoms with Crippen LogP contribution in [0.2, 0.25) is 0 Å². The minimum Gasteiger partial charge on any atom is -0.324 e. The summed E-state index contributed by atoms with van der Waals surface area (Å²) in [5, 5.41) is 14.3. The molecule has 3 fully saturated rings. The normalized spacial score (nSPS) is 30.1. The minimum atomic E-state index is -1.25. The van der Waals surface area contributed by atoms with E-state index in [-0.39, 0.29) is 29.2 Å². The van der Waals surface area contributed by atoms with Gasteiger partial charge in [-0.05, 0) is 50.4 Å². The van der Waals surface area contributed by atoms with Crippen LogP contribution >= 0.6 is 0 Å². The van der Waals surface area contributed by atoms with Gasteiger partial charge in [0.2, 0.25) is 17.7 Å². The van der Waals surface area contributed by atoms with Crippen molar-refractivity contribution < 1.29 is 19.3 Å². The largest absolute Gasteiger partial charge is 0.324 e. The van der Waals surface area contributed by atoms with Crippen molar-refractivity contribution in [3.63, 3.8) is 0 Å². The molecule has 2 aromatic rings. The maximum Gasteiger partial charge on any atom is 0.271 e. The maximum absolute atomic E-state index is 13.9. The van der Waals surface area contributed by atoms with Crippen LogP contribution in [0.25, 0.3) is 0 Å². The number of hydrogen-bond acceptors (Lipinski definition) is 6. The lowest BCUT2D eigenvalue weighted by atomic mass is 9.75. The third kappa shape index (κ3) is 2.27. The average Bonchev–Trinajstić information content (AvgIpc) is 3.49. The molecule has 9 nitrogen and oxygen atoms in total. The summed E-state index contributed by atoms with van der Waals surface area (Å²) >= 11 is 0. The van der Waals surface area contributed by atoms with Crippen LogP contribution in [0.4, 0.5) is 17.1 Å². The third-order valence-corrected chi connectivity index (χ3v) is 8.00. The molecule has 9 heteroatoms. The predicted octanol–water partition coefficient (Wildman–Crippen LogP) is 2.64. The van der Waals surface area contributed by atoms with Gasteiger partial charge in [-0.3, -0.25) is 29.4 Å². The van der Waals surface area contributed by atoms with E-state index >= 15 is 0 Å². The number of imide groups is 1. The Labute approximate surface area is 189 Å². The number of carbonyl (C=O) groups excluding carboxylic acids is 3. The molecule has 4 aliphatic rings. The number of amides is 3. The van der Waals surface area contributed by atoms with E-state index in [0.29, 0.717) is 6.54 Å². The fourth-order valence-electron chi connectivity index (χ4n) is 6.52. The first-order valence-corrected chi connectivity index (χ1v) is 11.1. The molecule has 0 bridgehead atoms. The molecule has 0 saturated carbocycles. The number of nitrogens with zero attached hydrogens (tertiary/aromatic N) is 3. The molecule has 0 unspecified atom stereocenters. The molecule has 0 aliphatic carbocycles. The van der Waals surface area contributed by atoms with Crippen LogP contribution in [0.5, 0.6) is 0 Å². The Morgan fingerprint density at radius 2 is 1.91 bits per heavy atom. The summed E-state index contributed by atoms with van der Waals surface area (Å²) in [6.45, 7) is 4.55. The summed E-state index contributed by atoms with van der Waals surface area (Å²) in [5.41, 5.74) is 2.18. The second-order valence-electron chi connectivity index (χ2n) is 9.35. The van der Waals surface area contributed by atoms with Crippen LogP contribution in [0.1, 0.15) is 29.5 Å². The predicted molar refractivity (Wildman–Crippen MR) is 119 cm³/mol. The first kappa shape index (κ1) is 20.0. The molecule has 0 radical (unpaired) electrons. The number of benzene rings is 2. The monoisotopic (exact) mass is 446 g/mol. The van der Waals surface area contributed by atoms with E-state index in [2.05, 4.69) is 10.2 Å². The maximum atomic E-state index is 13.9. The molecular weight excluding hydrogens is 424 g/mol. The number of nitrogens with one attached hydrogen (secondary N) is 1. The summed E-state index contributed by atoms with van der Waals surface area (Å²) in [7, 11) is 0. The summed E-state index contributed by atoms with van der Waals surface area (Å²) in [5.74, 6) is -2.67. The third-order valence-electron chi connectivity index (χ3n) is 8.00. The minimum absolute atomic E-state index is 0.173. The first-order chi connectivity index (χ1) is 15.8. The van der Waals surface area contributed by atoms with Crippen LogP contribution in [0, 0.1) is 35.8 Å². The molecule has 0 aromatic heterocycles. The summed E-state index contributed by atoms with van der Waals surface area (Å²) in [6, 6.07) is 9.18. The first-order valence-electron chi connectivity index (χ1n) is 11.1. The van der Waals surface area contributed by atoms with Crippen molar-refractivity contribution in [2.24, 2.45) is 11.8 Å². The number of rotatable bonds is 2. The molecule has 4 aliphatic heterocycles. The zero-order chi connectivity index (χ0) is 23.2. The van der Waals surface area contributed by atoms with Gasteiger partial charge in [0.25, 0.3) is 5.69 Å². The fourth-order valence-corrected chi connectivity index (χ4v) is 6.52. The molecular formula is C24H22N4O5. The highest BCUT2D eigenvalue weighted by Gasteiger charge is 2.74. The highest BCUT2D eigenvalue weighted by molar-refractivity contribution is 6.26. The van der Waals surface area contributed by atoms with E-state index < -0.39 is 28.2 Å². The molecule has 33 heavy (non-hydrogen) atoms. The number of nitro groups is 1. The second-order valence-corrected chi connectivity index (χ2v) is 9.35. The molecule has 3 saturated heterocycles. The number of hydrogen-bond donors (Lipinski definition) is 1. The van der Waals surface area contributed by atoms with E-state index in [1.54, 1.807) is 0 Å². The molecule has 1 spiro atoms. The smallest absolute Gasteiger partial charge is 0.271 e. The Hall–Kier alpha value is -3.59. The standard InChI is InChI=1S/C24H22N4O5/c1-12-8-9-16-20(13(12)2)25-23(31)24(16)19-18(17-7-4-10-26(17)24)21(29)27(22(19)30)14-5-3-6-15(11-14)28(32)33/h3,5-6,8-9,11,17-19H,4,7,10H2,1-2H3,(H,25,31)/t17-,18-,19-,24-/m1/s1. The van der Waals surface area contributed by atoms with Gasteiger partial charge in [-0.2, -0.15) is 0 Å². The zero-order valence-electron chi connectivity index (χ0n) is 18.2. The van der Waals surface area contributed by atoms with E-state index in [0.717, 1.165) is 40.1 Å². The molecule has 1 N–H and O–H groups in total. The van der Waals surface area contributed by atoms with E-state index in [1.807, 2.05) is 26.0 Å². The highest BCUT2D eigenvalue weighted by Crippen LogP contribution is 2.61. The lowest BCUT2D eigenvalue weighted by molar-refractivity contribution is -0.384. The lowest BCUT2D eigenvalue weighted by Crippen LogP contribution is -2.54. The van der Waals surface area contributed by atoms with Crippen LogP contribution < -0.4 is 10.2 Å². The van der Waals surface area contributed by atoms with Crippen LogP contribution in [-0.4, -0.2) is 40.1 Å². The molecule has 4 atom stereocenters. The van der Waals surface area contributed by atoms with E-state index in [1.165, 1.54) is 24.3 Å². The Morgan fingerprint density at radius 1 is 1.12 bits per heavy atom. The van der Waals surface area contributed by atoms with Crippen molar-refractivity contribution in [1.82, 2.24) is 4.90 Å². The van der Waals surface area contributed by atoms with Crippen molar-refractivity contribution in [3.05, 3.63) is 63.2 Å². The van der Waals surface area contributed by atoms with Gasteiger partial charge in [-0.15, -0.1) is 0 Å². The Balaban J connectivity index is 1.55. The van der Waals surface area contributed by atoms with Gasteiger partial charge in [-0.25, -0.2) is 4.90 Å². The summed E-state index contributed by atoms with van der Waals surface area (Å²) < 4.78 is 0. The Kier molecular flexibility index (Phi) is 3.93. The van der Waals surface area contributed by atoms with Crippen LogP contribution in [0.3, 0.4) is 0 Å². The number of aryl methyl sites for hydroxylation is 1. The zero-order valence-corrected chi connectivity index (χ0v) is 18.2. The summed E-state index contributed by atoms with van der Waals surface area (Å²) in [4.78, 5) is 55.2. The van der Waals surface area contributed by atoms with Gasteiger partial charge in [0.05, 0.1) is 22.4 Å². The number of anilines is 2. The Bertz CT molecular complexity index is 1290. The van der Waals surface area contributed by atoms with E-state index in [4.69, 9.17) is 0 Å². The molecule has 6 rings (SSSR count). The fraction of sp³-hybridized carbons (Fsp3) is 0.375. The summed E-state index contributed by atoms with van der Waals surface area (Å²) in [6.07, 6.45) is 1.56. The Morgan fingerprint density at radius 3 is 2.67 bits per heavy atom. The highest BCUT2D eigenvalue weighted by atomic mass is 16.6. The topological polar surface area (TPSA) is 113 Å². The molecule has 4 heterocycles. The van der Waals surface area contributed by atoms with Gasteiger partial charge in [0.1, 0.15) is 5.54 Å². The second kappa shape index (κ2) is 6.48. The molecule has 2 aromatic carbocycles. The SMILES string of the molecule is Cc1ccc2c(c1C)NC(=O)[C@]21[C@H]2C(=O)N(c3cccc([N+](=O)[O-])c3)C(=O)[C@@H]2[C@H]2CCCN21. The van der Waals surface area contributed by atoms with Crippen molar-refractivity contribution in [2.75, 3.05) is 16.8 Å². The van der Waals surface area contributed by atoms with Gasteiger partial charge in [-0.1, -0.05) is 18.2 Å². The van der Waals surface area contributed by atoms with Gasteiger partial charge in [0.15, 0.2) is 0 Å². The van der Waals surface area contributed by atoms with Crippen molar-refractivity contribution in [1.29, 1.82) is 0 Å².